The van der Waals surface area contributed by atoms with E-state index in [1.54, 1.807) is 22.7 Å². The molecule has 5 rings (SSSR count). The zero-order valence-corrected chi connectivity index (χ0v) is 19.3. The van der Waals surface area contributed by atoms with Gasteiger partial charge in [0.1, 0.15) is 5.52 Å². The lowest BCUT2D eigenvalue weighted by molar-refractivity contribution is 0.0981. The standard InChI is InChI=1S/C29H24N4O2/c1-20(34)24-15-9-8-14-23(24)18-26(35)28-31-29(30-19-21-10-4-2-5-11-21)27-25(16-17-33(27)32-28)22-12-6-3-7-13-22/h2-17H,18-19H2,1H3,(H,30,31,32). The number of nitrogens with one attached hydrogen (secondary N) is 1. The number of fused-ring (bicyclic) bond motifs is 1. The van der Waals surface area contributed by atoms with Crippen molar-refractivity contribution in [2.45, 2.75) is 19.9 Å². The molecule has 172 valence electrons. The van der Waals surface area contributed by atoms with Crippen LogP contribution < -0.4 is 5.32 Å². The SMILES string of the molecule is CC(=O)c1ccccc1CC(=O)c1nc(NCc2ccccc2)c2c(-c3ccccc3)ccn2n1. The molecule has 0 saturated heterocycles. The van der Waals surface area contributed by atoms with Crippen LogP contribution >= 0.6 is 0 Å². The molecular weight excluding hydrogens is 436 g/mol. The van der Waals surface area contributed by atoms with E-state index in [1.807, 2.05) is 79.0 Å². The second-order valence-electron chi connectivity index (χ2n) is 8.33. The predicted octanol–water partition coefficient (Wildman–Crippen LogP) is 5.64. The highest BCUT2D eigenvalue weighted by Gasteiger charge is 2.19. The second kappa shape index (κ2) is 9.73. The molecule has 0 saturated carbocycles. The summed E-state index contributed by atoms with van der Waals surface area (Å²) < 4.78 is 1.70. The molecule has 0 aliphatic heterocycles. The van der Waals surface area contributed by atoms with Crippen LogP contribution in [0.15, 0.2) is 97.2 Å². The van der Waals surface area contributed by atoms with Crippen LogP contribution in [0.3, 0.4) is 0 Å². The lowest BCUT2D eigenvalue weighted by Gasteiger charge is -2.12. The Morgan fingerprint density at radius 1 is 0.857 bits per heavy atom. The molecule has 0 amide bonds. The van der Waals surface area contributed by atoms with E-state index in [4.69, 9.17) is 0 Å². The van der Waals surface area contributed by atoms with E-state index in [2.05, 4.69) is 15.4 Å². The molecule has 0 spiro atoms. The topological polar surface area (TPSA) is 76.4 Å². The van der Waals surface area contributed by atoms with Crippen LogP contribution in [0.25, 0.3) is 16.6 Å². The summed E-state index contributed by atoms with van der Waals surface area (Å²) in [6.45, 7) is 2.05. The van der Waals surface area contributed by atoms with Crippen LogP contribution in [0.4, 0.5) is 5.82 Å². The van der Waals surface area contributed by atoms with E-state index in [-0.39, 0.29) is 23.8 Å². The van der Waals surface area contributed by atoms with E-state index >= 15 is 0 Å². The fourth-order valence-corrected chi connectivity index (χ4v) is 4.17. The first-order valence-electron chi connectivity index (χ1n) is 11.4. The first-order chi connectivity index (χ1) is 17.1. The Labute approximate surface area is 203 Å². The molecule has 0 atom stereocenters. The molecule has 6 nitrogen and oxygen atoms in total. The zero-order chi connectivity index (χ0) is 24.2. The van der Waals surface area contributed by atoms with E-state index in [1.165, 1.54) is 6.92 Å². The van der Waals surface area contributed by atoms with Crippen molar-refractivity contribution in [2.24, 2.45) is 0 Å². The van der Waals surface area contributed by atoms with Crippen LogP contribution in [0, 0.1) is 0 Å². The van der Waals surface area contributed by atoms with Gasteiger partial charge < -0.3 is 5.32 Å². The van der Waals surface area contributed by atoms with Gasteiger partial charge in [0.05, 0.1) is 0 Å². The van der Waals surface area contributed by atoms with Crippen molar-refractivity contribution < 1.29 is 9.59 Å². The van der Waals surface area contributed by atoms with Crippen LogP contribution in [0.2, 0.25) is 0 Å². The van der Waals surface area contributed by atoms with Gasteiger partial charge in [-0.2, -0.15) is 0 Å². The van der Waals surface area contributed by atoms with Crippen molar-refractivity contribution in [1.82, 2.24) is 14.6 Å². The number of hydrogen-bond donors (Lipinski definition) is 1. The van der Waals surface area contributed by atoms with Crippen molar-refractivity contribution in [3.63, 3.8) is 0 Å². The maximum absolute atomic E-state index is 13.3. The van der Waals surface area contributed by atoms with Crippen LogP contribution in [0.1, 0.15) is 39.0 Å². The monoisotopic (exact) mass is 460 g/mol. The van der Waals surface area contributed by atoms with Gasteiger partial charge in [-0.25, -0.2) is 9.50 Å². The number of ketones is 2. The molecule has 0 fully saturated rings. The molecule has 0 radical (unpaired) electrons. The number of aromatic nitrogens is 3. The summed E-state index contributed by atoms with van der Waals surface area (Å²) in [5, 5.41) is 7.95. The number of carbonyl (C=O) groups excluding carboxylic acids is 2. The maximum Gasteiger partial charge on any atom is 0.218 e. The fraction of sp³-hybridized carbons (Fsp3) is 0.103. The highest BCUT2D eigenvalue weighted by atomic mass is 16.1. The third kappa shape index (κ3) is 4.73. The van der Waals surface area contributed by atoms with Crippen molar-refractivity contribution in [1.29, 1.82) is 0 Å². The molecule has 2 aromatic heterocycles. The summed E-state index contributed by atoms with van der Waals surface area (Å²) >= 11 is 0. The highest BCUT2D eigenvalue weighted by Crippen LogP contribution is 2.30. The summed E-state index contributed by atoms with van der Waals surface area (Å²) in [5.74, 6) is 0.351. The largest absolute Gasteiger partial charge is 0.364 e. The number of hydrogen-bond acceptors (Lipinski definition) is 5. The van der Waals surface area contributed by atoms with Crippen molar-refractivity contribution in [3.8, 4) is 11.1 Å². The fourth-order valence-electron chi connectivity index (χ4n) is 4.17. The van der Waals surface area contributed by atoms with Crippen LogP contribution in [0.5, 0.6) is 0 Å². The number of anilines is 1. The third-order valence-electron chi connectivity index (χ3n) is 5.90. The smallest absolute Gasteiger partial charge is 0.218 e. The lowest BCUT2D eigenvalue weighted by Crippen LogP contribution is -2.15. The Morgan fingerprint density at radius 2 is 1.54 bits per heavy atom. The minimum Gasteiger partial charge on any atom is -0.364 e. The van der Waals surface area contributed by atoms with E-state index < -0.39 is 0 Å². The number of nitrogens with zero attached hydrogens (tertiary/aromatic N) is 3. The van der Waals surface area contributed by atoms with Gasteiger partial charge >= 0.3 is 0 Å². The average molecular weight is 461 g/mol. The highest BCUT2D eigenvalue weighted by molar-refractivity contribution is 6.00. The molecule has 0 aliphatic carbocycles. The number of Topliss-reactive ketones (excluding diaryl/α,β-unsaturated/α-hetero) is 2. The Balaban J connectivity index is 1.55. The Morgan fingerprint density at radius 3 is 2.29 bits per heavy atom. The van der Waals surface area contributed by atoms with Gasteiger partial charge in [0, 0.05) is 30.3 Å². The van der Waals surface area contributed by atoms with Gasteiger partial charge in [0.25, 0.3) is 0 Å². The molecule has 0 aliphatic rings. The second-order valence-corrected chi connectivity index (χ2v) is 8.33. The first-order valence-corrected chi connectivity index (χ1v) is 11.4. The molecule has 5 aromatic rings. The third-order valence-corrected chi connectivity index (χ3v) is 5.90. The van der Waals surface area contributed by atoms with Gasteiger partial charge in [-0.1, -0.05) is 84.9 Å². The quantitative estimate of drug-likeness (QED) is 0.304. The Hall–Kier alpha value is -4.58. The Bertz CT molecular complexity index is 1510. The Kier molecular flexibility index (Phi) is 6.18. The summed E-state index contributed by atoms with van der Waals surface area (Å²) in [6, 6.07) is 29.2. The van der Waals surface area contributed by atoms with Crippen molar-refractivity contribution >= 4 is 22.9 Å². The maximum atomic E-state index is 13.3. The number of carbonyl (C=O) groups is 2. The first kappa shape index (κ1) is 22.2. The average Bonchev–Trinajstić information content (AvgIpc) is 3.33. The minimum atomic E-state index is -0.252. The van der Waals surface area contributed by atoms with Crippen molar-refractivity contribution in [2.75, 3.05) is 5.32 Å². The summed E-state index contributed by atoms with van der Waals surface area (Å²) in [4.78, 5) is 29.9. The summed E-state index contributed by atoms with van der Waals surface area (Å²) in [7, 11) is 0. The molecule has 0 unspecified atom stereocenters. The van der Waals surface area contributed by atoms with Gasteiger partial charge in [-0.05, 0) is 29.7 Å². The predicted molar refractivity (Wildman–Crippen MR) is 137 cm³/mol. The van der Waals surface area contributed by atoms with Crippen LogP contribution in [-0.4, -0.2) is 26.2 Å². The van der Waals surface area contributed by atoms with Gasteiger partial charge in [-0.3, -0.25) is 9.59 Å². The lowest BCUT2D eigenvalue weighted by atomic mass is 9.99. The van der Waals surface area contributed by atoms with Gasteiger partial charge in [0.2, 0.25) is 11.6 Å². The molecule has 35 heavy (non-hydrogen) atoms. The normalized spacial score (nSPS) is 10.9. The summed E-state index contributed by atoms with van der Waals surface area (Å²) in [5.41, 5.74) is 5.12. The van der Waals surface area contributed by atoms with Crippen LogP contribution in [-0.2, 0) is 13.0 Å². The molecule has 3 aromatic carbocycles. The van der Waals surface area contributed by atoms with E-state index in [9.17, 15) is 9.59 Å². The van der Waals surface area contributed by atoms with Gasteiger partial charge in [-0.15, -0.1) is 5.10 Å². The molecule has 6 heteroatoms. The van der Waals surface area contributed by atoms with Gasteiger partial charge in [0.15, 0.2) is 11.6 Å². The minimum absolute atomic E-state index is 0.0478. The van der Waals surface area contributed by atoms with Crippen molar-refractivity contribution in [3.05, 3.63) is 120 Å². The van der Waals surface area contributed by atoms with E-state index in [0.29, 0.717) is 23.5 Å². The molecule has 2 heterocycles. The molecule has 1 N–H and O–H groups in total. The molecule has 0 bridgehead atoms. The zero-order valence-electron chi connectivity index (χ0n) is 19.3. The summed E-state index contributed by atoms with van der Waals surface area (Å²) in [6.07, 6.45) is 1.89. The van der Waals surface area contributed by atoms with E-state index in [0.717, 1.165) is 22.2 Å². The number of benzene rings is 3. The molecular formula is C29H24N4O2. The number of rotatable bonds is 8.